The molecule has 0 bridgehead atoms. The van der Waals surface area contributed by atoms with Crippen LogP contribution in [0.5, 0.6) is 0 Å². The van der Waals surface area contributed by atoms with Gasteiger partial charge in [0.1, 0.15) is 0 Å². The quantitative estimate of drug-likeness (QED) is 0.665. The summed E-state index contributed by atoms with van der Waals surface area (Å²) in [4.78, 5) is 22.7. The molecule has 2 amide bonds. The number of hydrogen-bond acceptors (Lipinski definition) is 2. The van der Waals surface area contributed by atoms with E-state index in [-0.39, 0.29) is 23.4 Å². The number of urea groups is 1. The first kappa shape index (κ1) is 15.8. The molecule has 0 aromatic heterocycles. The summed E-state index contributed by atoms with van der Waals surface area (Å²) in [6, 6.07) is -0.199. The number of amides is 2. The van der Waals surface area contributed by atoms with Crippen LogP contribution in [0.3, 0.4) is 0 Å². The number of carboxylic acids is 1. The Morgan fingerprint density at radius 3 is 2.37 bits per heavy atom. The number of rotatable bonds is 7. The molecule has 5 nitrogen and oxygen atoms in total. The van der Waals surface area contributed by atoms with Gasteiger partial charge in [0, 0.05) is 12.1 Å². The monoisotopic (exact) mass is 270 g/mol. The second kappa shape index (κ2) is 6.26. The van der Waals surface area contributed by atoms with E-state index in [9.17, 15) is 9.59 Å². The molecule has 0 spiro atoms. The van der Waals surface area contributed by atoms with Crippen LogP contribution in [0.25, 0.3) is 0 Å². The molecule has 0 radical (unpaired) electrons. The van der Waals surface area contributed by atoms with Gasteiger partial charge in [0.25, 0.3) is 0 Å². The van der Waals surface area contributed by atoms with Crippen LogP contribution >= 0.6 is 0 Å². The van der Waals surface area contributed by atoms with E-state index in [1.54, 1.807) is 0 Å². The largest absolute Gasteiger partial charge is 0.481 e. The van der Waals surface area contributed by atoms with Gasteiger partial charge in [0.05, 0.1) is 6.42 Å². The molecule has 0 aromatic carbocycles. The molecule has 1 fully saturated rings. The van der Waals surface area contributed by atoms with Crippen molar-refractivity contribution in [3.8, 4) is 0 Å². The second-order valence-corrected chi connectivity index (χ2v) is 6.37. The fourth-order valence-corrected chi connectivity index (χ4v) is 2.72. The van der Waals surface area contributed by atoms with Crippen LogP contribution in [0, 0.1) is 5.41 Å². The van der Waals surface area contributed by atoms with Crippen molar-refractivity contribution in [3.63, 3.8) is 0 Å². The van der Waals surface area contributed by atoms with Gasteiger partial charge in [-0.25, -0.2) is 4.79 Å². The smallest absolute Gasteiger partial charge is 0.315 e. The van der Waals surface area contributed by atoms with Crippen LogP contribution in [0.15, 0.2) is 0 Å². The molecule has 3 N–H and O–H groups in total. The minimum atomic E-state index is -0.784. The van der Waals surface area contributed by atoms with Gasteiger partial charge in [-0.05, 0) is 38.5 Å². The number of carbonyl (C=O) groups is 2. The zero-order valence-electron chi connectivity index (χ0n) is 12.2. The summed E-state index contributed by atoms with van der Waals surface area (Å²) in [5.41, 5.74) is -0.448. The Kier molecular flexibility index (Phi) is 5.20. The lowest BCUT2D eigenvalue weighted by molar-refractivity contribution is -0.141. The summed E-state index contributed by atoms with van der Waals surface area (Å²) < 4.78 is 0. The average molecular weight is 270 g/mol. The molecule has 0 aliphatic heterocycles. The van der Waals surface area contributed by atoms with E-state index in [1.165, 1.54) is 0 Å². The third-order valence-electron chi connectivity index (χ3n) is 3.89. The van der Waals surface area contributed by atoms with Crippen LogP contribution in [-0.2, 0) is 4.79 Å². The van der Waals surface area contributed by atoms with Gasteiger partial charge in [0.2, 0.25) is 0 Å². The van der Waals surface area contributed by atoms with Crippen LogP contribution in [0.1, 0.15) is 59.3 Å². The van der Waals surface area contributed by atoms with E-state index in [1.807, 2.05) is 13.8 Å². The molecule has 0 saturated heterocycles. The number of aliphatic carboxylic acids is 1. The molecular weight excluding hydrogens is 244 g/mol. The Balaban J connectivity index is 2.39. The number of hydrogen-bond donors (Lipinski definition) is 3. The Hall–Kier alpha value is -1.26. The highest BCUT2D eigenvalue weighted by molar-refractivity contribution is 5.75. The molecule has 0 atom stereocenters. The Morgan fingerprint density at radius 1 is 1.32 bits per heavy atom. The first-order chi connectivity index (χ1) is 8.79. The third kappa shape index (κ3) is 5.09. The second-order valence-electron chi connectivity index (χ2n) is 6.37. The first-order valence-corrected chi connectivity index (χ1v) is 7.06. The van der Waals surface area contributed by atoms with Gasteiger partial charge in [-0.15, -0.1) is 0 Å². The average Bonchev–Trinajstić information content (AvgIpc) is 2.20. The molecule has 0 heterocycles. The highest BCUT2D eigenvalue weighted by Crippen LogP contribution is 2.43. The molecule has 0 unspecified atom stereocenters. The molecule has 19 heavy (non-hydrogen) atoms. The summed E-state index contributed by atoms with van der Waals surface area (Å²) in [5.74, 6) is -0.784. The molecule has 0 aromatic rings. The van der Waals surface area contributed by atoms with Crippen molar-refractivity contribution in [1.29, 1.82) is 0 Å². The summed E-state index contributed by atoms with van der Waals surface area (Å²) in [6.45, 7) is 6.52. The van der Waals surface area contributed by atoms with Crippen molar-refractivity contribution in [3.05, 3.63) is 0 Å². The molecule has 1 saturated carbocycles. The fraction of sp³-hybridized carbons (Fsp3) is 0.857. The van der Waals surface area contributed by atoms with Gasteiger partial charge in [-0.3, -0.25) is 4.79 Å². The van der Waals surface area contributed by atoms with Crippen molar-refractivity contribution < 1.29 is 14.7 Å². The lowest BCUT2D eigenvalue weighted by Gasteiger charge is -2.41. The Labute approximate surface area is 115 Å². The number of nitrogens with one attached hydrogen (secondary N) is 2. The van der Waals surface area contributed by atoms with Crippen LogP contribution in [0.4, 0.5) is 4.79 Å². The molecule has 1 aliphatic carbocycles. The zero-order chi connectivity index (χ0) is 14.5. The normalized spacial score (nSPS) is 17.4. The first-order valence-electron chi connectivity index (χ1n) is 7.06. The number of carbonyl (C=O) groups excluding carboxylic acids is 1. The molecule has 1 rings (SSSR count). The van der Waals surface area contributed by atoms with E-state index in [0.717, 1.165) is 32.1 Å². The van der Waals surface area contributed by atoms with E-state index in [2.05, 4.69) is 17.6 Å². The van der Waals surface area contributed by atoms with Crippen molar-refractivity contribution in [1.82, 2.24) is 10.6 Å². The van der Waals surface area contributed by atoms with E-state index >= 15 is 0 Å². The molecule has 110 valence electrons. The lowest BCUT2D eigenvalue weighted by Crippen LogP contribution is -2.52. The summed E-state index contributed by atoms with van der Waals surface area (Å²) in [5, 5.41) is 14.7. The zero-order valence-corrected chi connectivity index (χ0v) is 12.2. The third-order valence-corrected chi connectivity index (χ3v) is 3.89. The predicted molar refractivity (Wildman–Crippen MR) is 74.1 cm³/mol. The molecular formula is C14H26N2O3. The Bertz CT molecular complexity index is 336. The van der Waals surface area contributed by atoms with Gasteiger partial charge in [-0.2, -0.15) is 0 Å². The van der Waals surface area contributed by atoms with Crippen molar-refractivity contribution in [2.24, 2.45) is 5.41 Å². The standard InChI is InChI=1S/C14H26N2O3/c1-4-6-13(2,3)16-12(19)15-10-14(7-5-8-14)9-11(17)18/h4-10H2,1-3H3,(H,17,18)(H2,15,16,19). The van der Waals surface area contributed by atoms with Gasteiger partial charge in [-0.1, -0.05) is 19.8 Å². The maximum Gasteiger partial charge on any atom is 0.315 e. The van der Waals surface area contributed by atoms with E-state index in [4.69, 9.17) is 5.11 Å². The summed E-state index contributed by atoms with van der Waals surface area (Å²) in [6.07, 6.45) is 4.90. The van der Waals surface area contributed by atoms with Crippen LogP contribution in [0.2, 0.25) is 0 Å². The fourth-order valence-electron chi connectivity index (χ4n) is 2.72. The van der Waals surface area contributed by atoms with Gasteiger partial charge < -0.3 is 15.7 Å². The Morgan fingerprint density at radius 2 is 1.95 bits per heavy atom. The summed E-state index contributed by atoms with van der Waals surface area (Å²) in [7, 11) is 0. The minimum Gasteiger partial charge on any atom is -0.481 e. The van der Waals surface area contributed by atoms with Crippen molar-refractivity contribution in [2.75, 3.05) is 6.54 Å². The minimum absolute atomic E-state index is 0.144. The van der Waals surface area contributed by atoms with Gasteiger partial charge in [0.15, 0.2) is 0 Å². The van der Waals surface area contributed by atoms with E-state index in [0.29, 0.717) is 6.54 Å². The highest BCUT2D eigenvalue weighted by atomic mass is 16.4. The van der Waals surface area contributed by atoms with Crippen LogP contribution < -0.4 is 10.6 Å². The lowest BCUT2D eigenvalue weighted by atomic mass is 9.66. The van der Waals surface area contributed by atoms with Crippen LogP contribution in [-0.4, -0.2) is 29.2 Å². The van der Waals surface area contributed by atoms with Gasteiger partial charge >= 0.3 is 12.0 Å². The molecule has 5 heteroatoms. The topological polar surface area (TPSA) is 78.4 Å². The van der Waals surface area contributed by atoms with Crippen molar-refractivity contribution in [2.45, 2.75) is 64.8 Å². The summed E-state index contributed by atoms with van der Waals surface area (Å²) >= 11 is 0. The molecule has 1 aliphatic rings. The SMILES string of the molecule is CCCC(C)(C)NC(=O)NCC1(CC(=O)O)CCC1. The number of carboxylic acid groups (broad SMARTS) is 1. The highest BCUT2D eigenvalue weighted by Gasteiger charge is 2.39. The predicted octanol–water partition coefficient (Wildman–Crippen LogP) is 2.51. The van der Waals surface area contributed by atoms with E-state index < -0.39 is 5.97 Å². The maximum absolute atomic E-state index is 11.8. The van der Waals surface area contributed by atoms with Crippen molar-refractivity contribution >= 4 is 12.0 Å². The maximum atomic E-state index is 11.8.